The summed E-state index contributed by atoms with van der Waals surface area (Å²) in [6.07, 6.45) is -0.0191. The highest BCUT2D eigenvalue weighted by Crippen LogP contribution is 2.29. The third-order valence-electron chi connectivity index (χ3n) is 1.22. The predicted molar refractivity (Wildman–Crippen MR) is 45.7 cm³/mol. The first kappa shape index (κ1) is 8.20. The van der Waals surface area contributed by atoms with E-state index < -0.39 is 0 Å². The lowest BCUT2D eigenvalue weighted by Gasteiger charge is -2.05. The van der Waals surface area contributed by atoms with E-state index in [9.17, 15) is 0 Å². The average Bonchev–Trinajstić information content (AvgIpc) is 2.34. The van der Waals surface area contributed by atoms with Crippen molar-refractivity contribution in [3.05, 3.63) is 20.8 Å². The van der Waals surface area contributed by atoms with E-state index in [1.54, 1.807) is 11.3 Å². The lowest BCUT2D eigenvalue weighted by atomic mass is 10.3. The van der Waals surface area contributed by atoms with E-state index in [0.29, 0.717) is 0 Å². The van der Waals surface area contributed by atoms with Crippen LogP contribution in [0.4, 0.5) is 0 Å². The highest BCUT2D eigenvalue weighted by molar-refractivity contribution is 9.10. The van der Waals surface area contributed by atoms with Gasteiger partial charge in [-0.05, 0) is 34.3 Å². The van der Waals surface area contributed by atoms with E-state index in [2.05, 4.69) is 20.8 Å². The Morgan fingerprint density at radius 3 is 2.90 bits per heavy atom. The van der Waals surface area contributed by atoms with Gasteiger partial charge >= 0.3 is 0 Å². The fourth-order valence-electron chi connectivity index (χ4n) is 0.657. The molecule has 0 aliphatic heterocycles. The van der Waals surface area contributed by atoms with E-state index in [1.807, 2.05) is 18.4 Å². The van der Waals surface area contributed by atoms with Crippen LogP contribution in [0.15, 0.2) is 15.9 Å². The van der Waals surface area contributed by atoms with Crippen LogP contribution in [-0.4, -0.2) is 0 Å². The van der Waals surface area contributed by atoms with Crippen LogP contribution < -0.4 is 5.90 Å². The second-order valence-electron chi connectivity index (χ2n) is 1.91. The highest BCUT2D eigenvalue weighted by atomic mass is 79.9. The standard InChI is InChI=1S/C6H8BrNOS/c1-4(9-8)6-5(7)2-3-10-6/h2-4H,8H2,1H3. The molecular formula is C6H8BrNOS. The normalized spacial score (nSPS) is 13.5. The minimum Gasteiger partial charge on any atom is -0.296 e. The number of hydrogen-bond acceptors (Lipinski definition) is 3. The number of nitrogens with two attached hydrogens (primary N) is 1. The molecule has 4 heteroatoms. The number of hydrogen-bond donors (Lipinski definition) is 1. The van der Waals surface area contributed by atoms with Gasteiger partial charge in [-0.1, -0.05) is 0 Å². The van der Waals surface area contributed by atoms with Crippen molar-refractivity contribution in [1.29, 1.82) is 0 Å². The molecule has 0 aliphatic carbocycles. The first-order chi connectivity index (χ1) is 4.75. The van der Waals surface area contributed by atoms with Gasteiger partial charge < -0.3 is 0 Å². The van der Waals surface area contributed by atoms with Crippen LogP contribution in [0.2, 0.25) is 0 Å². The van der Waals surface area contributed by atoms with Crippen LogP contribution in [0.5, 0.6) is 0 Å². The summed E-state index contributed by atoms with van der Waals surface area (Å²) < 4.78 is 1.07. The Morgan fingerprint density at radius 1 is 1.80 bits per heavy atom. The third-order valence-corrected chi connectivity index (χ3v) is 3.25. The molecule has 0 fully saturated rings. The fourth-order valence-corrected chi connectivity index (χ4v) is 2.35. The molecule has 1 rings (SSSR count). The van der Waals surface area contributed by atoms with Crippen molar-refractivity contribution in [3.8, 4) is 0 Å². The topological polar surface area (TPSA) is 35.2 Å². The lowest BCUT2D eigenvalue weighted by molar-refractivity contribution is 0.0684. The van der Waals surface area contributed by atoms with Gasteiger partial charge in [0, 0.05) is 9.35 Å². The molecule has 0 saturated carbocycles. The summed E-state index contributed by atoms with van der Waals surface area (Å²) in [5.41, 5.74) is 0. The molecular weight excluding hydrogens is 214 g/mol. The summed E-state index contributed by atoms with van der Waals surface area (Å²) >= 11 is 5.01. The molecule has 56 valence electrons. The van der Waals surface area contributed by atoms with Gasteiger partial charge in [0.15, 0.2) is 0 Å². The Hall–Kier alpha value is 0.100. The van der Waals surface area contributed by atoms with Crippen LogP contribution in [-0.2, 0) is 4.84 Å². The number of rotatable bonds is 2. The summed E-state index contributed by atoms with van der Waals surface area (Å²) in [4.78, 5) is 5.78. The van der Waals surface area contributed by atoms with Crippen molar-refractivity contribution in [3.63, 3.8) is 0 Å². The number of halogens is 1. The predicted octanol–water partition coefficient (Wildman–Crippen LogP) is 2.46. The molecule has 1 aromatic heterocycles. The summed E-state index contributed by atoms with van der Waals surface area (Å²) in [6.45, 7) is 1.91. The van der Waals surface area contributed by atoms with Crippen molar-refractivity contribution in [1.82, 2.24) is 0 Å². The van der Waals surface area contributed by atoms with Gasteiger partial charge in [-0.25, -0.2) is 5.90 Å². The second-order valence-corrected chi connectivity index (χ2v) is 3.71. The van der Waals surface area contributed by atoms with Crippen molar-refractivity contribution in [2.45, 2.75) is 13.0 Å². The lowest BCUT2D eigenvalue weighted by Crippen LogP contribution is -2.03. The maximum atomic E-state index is 5.02. The monoisotopic (exact) mass is 221 g/mol. The van der Waals surface area contributed by atoms with Crippen LogP contribution in [0.25, 0.3) is 0 Å². The van der Waals surface area contributed by atoms with Gasteiger partial charge in [0.05, 0.1) is 0 Å². The Balaban J connectivity index is 2.82. The Labute approximate surface area is 72.1 Å². The average molecular weight is 222 g/mol. The van der Waals surface area contributed by atoms with Gasteiger partial charge in [-0.15, -0.1) is 11.3 Å². The Morgan fingerprint density at radius 2 is 2.50 bits per heavy atom. The summed E-state index contributed by atoms with van der Waals surface area (Å²) in [5, 5.41) is 1.99. The Kier molecular flexibility index (Phi) is 2.85. The van der Waals surface area contributed by atoms with Crippen molar-refractivity contribution >= 4 is 27.3 Å². The first-order valence-corrected chi connectivity index (χ1v) is 4.51. The van der Waals surface area contributed by atoms with E-state index in [-0.39, 0.29) is 6.10 Å². The molecule has 10 heavy (non-hydrogen) atoms. The molecule has 0 saturated heterocycles. The molecule has 0 spiro atoms. The summed E-state index contributed by atoms with van der Waals surface area (Å²) in [7, 11) is 0. The molecule has 0 amide bonds. The van der Waals surface area contributed by atoms with Gasteiger partial charge in [0.2, 0.25) is 0 Å². The maximum absolute atomic E-state index is 5.02. The molecule has 0 aliphatic rings. The van der Waals surface area contributed by atoms with Crippen LogP contribution in [0, 0.1) is 0 Å². The molecule has 0 bridgehead atoms. The van der Waals surface area contributed by atoms with Gasteiger partial charge in [0.25, 0.3) is 0 Å². The largest absolute Gasteiger partial charge is 0.296 e. The van der Waals surface area contributed by atoms with E-state index in [1.165, 1.54) is 0 Å². The maximum Gasteiger partial charge on any atom is 0.111 e. The van der Waals surface area contributed by atoms with E-state index in [4.69, 9.17) is 5.90 Å². The Bertz CT molecular complexity index is 213. The zero-order valence-corrected chi connectivity index (χ0v) is 7.91. The van der Waals surface area contributed by atoms with Crippen LogP contribution >= 0.6 is 27.3 Å². The molecule has 2 N–H and O–H groups in total. The molecule has 1 aromatic rings. The zero-order valence-electron chi connectivity index (χ0n) is 5.50. The molecule has 0 radical (unpaired) electrons. The minimum absolute atomic E-state index is 0.0191. The van der Waals surface area contributed by atoms with Gasteiger partial charge in [-0.3, -0.25) is 4.84 Å². The minimum atomic E-state index is -0.0191. The van der Waals surface area contributed by atoms with Crippen molar-refractivity contribution < 1.29 is 4.84 Å². The smallest absolute Gasteiger partial charge is 0.111 e. The van der Waals surface area contributed by atoms with Gasteiger partial charge in [-0.2, -0.15) is 0 Å². The first-order valence-electron chi connectivity index (χ1n) is 2.84. The molecule has 0 aromatic carbocycles. The number of thiophene rings is 1. The van der Waals surface area contributed by atoms with E-state index in [0.717, 1.165) is 9.35 Å². The SMILES string of the molecule is CC(ON)c1sccc1Br. The quantitative estimate of drug-likeness (QED) is 0.780. The van der Waals surface area contributed by atoms with E-state index >= 15 is 0 Å². The fraction of sp³-hybridized carbons (Fsp3) is 0.333. The molecule has 1 heterocycles. The third kappa shape index (κ3) is 1.58. The van der Waals surface area contributed by atoms with Gasteiger partial charge in [0.1, 0.15) is 6.10 Å². The molecule has 2 nitrogen and oxygen atoms in total. The molecule has 1 unspecified atom stereocenters. The van der Waals surface area contributed by atoms with Crippen LogP contribution in [0.3, 0.4) is 0 Å². The second kappa shape index (κ2) is 3.48. The van der Waals surface area contributed by atoms with Crippen molar-refractivity contribution in [2.75, 3.05) is 0 Å². The summed E-state index contributed by atoms with van der Waals surface area (Å²) in [6, 6.07) is 1.98. The molecule has 1 atom stereocenters. The van der Waals surface area contributed by atoms with Crippen LogP contribution in [0.1, 0.15) is 17.9 Å². The zero-order chi connectivity index (χ0) is 7.56. The summed E-state index contributed by atoms with van der Waals surface area (Å²) in [5.74, 6) is 5.02. The highest BCUT2D eigenvalue weighted by Gasteiger charge is 2.08. The van der Waals surface area contributed by atoms with Crippen molar-refractivity contribution in [2.24, 2.45) is 5.90 Å².